The van der Waals surface area contributed by atoms with Gasteiger partial charge in [0.2, 0.25) is 5.91 Å². The third kappa shape index (κ3) is 6.93. The summed E-state index contributed by atoms with van der Waals surface area (Å²) in [7, 11) is 0. The highest BCUT2D eigenvalue weighted by Crippen LogP contribution is 2.15. The number of halogens is 1. The van der Waals surface area contributed by atoms with Gasteiger partial charge >= 0.3 is 5.97 Å². The average molecular weight is 362 g/mol. The van der Waals surface area contributed by atoms with Crippen molar-refractivity contribution in [1.82, 2.24) is 5.32 Å². The minimum Gasteiger partial charge on any atom is -0.457 e. The number of ether oxygens (including phenoxy) is 1. The Morgan fingerprint density at radius 2 is 1.92 bits per heavy atom. The number of carbonyl (C=O) groups excluding carboxylic acids is 3. The van der Waals surface area contributed by atoms with Gasteiger partial charge in [0.05, 0.1) is 11.8 Å². The Kier molecular flexibility index (Phi) is 7.41. The third-order valence-corrected chi connectivity index (χ3v) is 3.95. The molecule has 25 heavy (non-hydrogen) atoms. The standard InChI is InChI=1S/C19H20ClNO4/c20-16-8-6-15(7-9-16)17(22)13-25-19(24)11-10-18(23)21-12-14-4-2-1-3-5-14/h1-8,16H,9-13H2,(H,21,23). The third-order valence-electron chi connectivity index (χ3n) is 3.62. The molecule has 1 unspecified atom stereocenters. The van der Waals surface area contributed by atoms with Crippen molar-refractivity contribution in [3.63, 3.8) is 0 Å². The van der Waals surface area contributed by atoms with E-state index in [1.54, 1.807) is 18.2 Å². The van der Waals surface area contributed by atoms with Crippen molar-refractivity contribution in [2.24, 2.45) is 0 Å². The molecule has 1 aromatic carbocycles. The fourth-order valence-electron chi connectivity index (χ4n) is 2.20. The predicted octanol–water partition coefficient (Wildman–Crippen LogP) is 2.69. The van der Waals surface area contributed by atoms with Crippen molar-refractivity contribution in [2.75, 3.05) is 6.61 Å². The summed E-state index contributed by atoms with van der Waals surface area (Å²) in [5.41, 5.74) is 1.47. The molecule has 132 valence electrons. The van der Waals surface area contributed by atoms with Crippen LogP contribution in [0.4, 0.5) is 0 Å². The number of Topliss-reactive ketones (excluding diaryl/α,β-unsaturated/α-hetero) is 1. The molecule has 0 bridgehead atoms. The number of allylic oxidation sites excluding steroid dienone is 3. The molecule has 0 aliphatic heterocycles. The van der Waals surface area contributed by atoms with E-state index in [9.17, 15) is 14.4 Å². The largest absolute Gasteiger partial charge is 0.457 e. The van der Waals surface area contributed by atoms with Crippen LogP contribution >= 0.6 is 11.6 Å². The lowest BCUT2D eigenvalue weighted by Crippen LogP contribution is -2.24. The zero-order chi connectivity index (χ0) is 18.1. The van der Waals surface area contributed by atoms with E-state index < -0.39 is 5.97 Å². The highest BCUT2D eigenvalue weighted by atomic mass is 35.5. The SMILES string of the molecule is O=C(CCC(=O)OCC(=O)C1=CCC(Cl)C=C1)NCc1ccccc1. The molecule has 5 nitrogen and oxygen atoms in total. The van der Waals surface area contributed by atoms with Crippen LogP contribution in [0, 0.1) is 0 Å². The molecule has 6 heteroatoms. The van der Waals surface area contributed by atoms with Gasteiger partial charge in [0, 0.05) is 18.5 Å². The summed E-state index contributed by atoms with van der Waals surface area (Å²) < 4.78 is 4.92. The van der Waals surface area contributed by atoms with Crippen LogP contribution in [-0.2, 0) is 25.7 Å². The summed E-state index contributed by atoms with van der Waals surface area (Å²) in [6, 6.07) is 9.48. The lowest BCUT2D eigenvalue weighted by molar-refractivity contribution is -0.148. The van der Waals surface area contributed by atoms with Crippen LogP contribution in [-0.4, -0.2) is 29.6 Å². The van der Waals surface area contributed by atoms with Crippen molar-refractivity contribution >= 4 is 29.3 Å². The minimum atomic E-state index is -0.571. The number of benzene rings is 1. The monoisotopic (exact) mass is 361 g/mol. The Labute approximate surface area is 151 Å². The molecule has 2 rings (SSSR count). The lowest BCUT2D eigenvalue weighted by Gasteiger charge is -2.10. The highest BCUT2D eigenvalue weighted by molar-refractivity contribution is 6.22. The molecule has 1 aliphatic carbocycles. The second-order valence-electron chi connectivity index (χ2n) is 5.62. The van der Waals surface area contributed by atoms with E-state index in [4.69, 9.17) is 16.3 Å². The lowest BCUT2D eigenvalue weighted by atomic mass is 10.0. The van der Waals surface area contributed by atoms with Crippen LogP contribution in [0.15, 0.2) is 54.1 Å². The van der Waals surface area contributed by atoms with E-state index in [0.29, 0.717) is 18.5 Å². The summed E-state index contributed by atoms with van der Waals surface area (Å²) in [4.78, 5) is 35.3. The Bertz CT molecular complexity index is 682. The van der Waals surface area contributed by atoms with Gasteiger partial charge in [0.15, 0.2) is 12.4 Å². The quantitative estimate of drug-likeness (QED) is 0.570. The van der Waals surface area contributed by atoms with Gasteiger partial charge in [0.25, 0.3) is 0 Å². The van der Waals surface area contributed by atoms with Crippen LogP contribution in [0.1, 0.15) is 24.8 Å². The molecule has 0 heterocycles. The normalized spacial score (nSPS) is 16.0. The summed E-state index contributed by atoms with van der Waals surface area (Å²) in [5.74, 6) is -1.08. The number of amides is 1. The fourth-order valence-corrected chi connectivity index (χ4v) is 2.36. The molecule has 0 saturated heterocycles. The van der Waals surface area contributed by atoms with Gasteiger partial charge in [0.1, 0.15) is 0 Å². The summed E-state index contributed by atoms with van der Waals surface area (Å²) in [6.45, 7) is 0.0862. The minimum absolute atomic E-state index is 0.0242. The van der Waals surface area contributed by atoms with Crippen molar-refractivity contribution < 1.29 is 19.1 Å². The van der Waals surface area contributed by atoms with E-state index in [1.165, 1.54) is 0 Å². The molecule has 0 spiro atoms. The molecule has 0 saturated carbocycles. The Balaban J connectivity index is 1.62. The number of hydrogen-bond donors (Lipinski definition) is 1. The molecule has 1 aromatic rings. The van der Waals surface area contributed by atoms with E-state index in [0.717, 1.165) is 5.56 Å². The van der Waals surface area contributed by atoms with Gasteiger partial charge in [-0.1, -0.05) is 48.6 Å². The van der Waals surface area contributed by atoms with Crippen LogP contribution in [0.2, 0.25) is 0 Å². The molecule has 0 aromatic heterocycles. The van der Waals surface area contributed by atoms with Gasteiger partial charge in [-0.2, -0.15) is 0 Å². The average Bonchev–Trinajstić information content (AvgIpc) is 2.64. The predicted molar refractivity (Wildman–Crippen MR) is 95.0 cm³/mol. The topological polar surface area (TPSA) is 72.5 Å². The van der Waals surface area contributed by atoms with Gasteiger partial charge < -0.3 is 10.1 Å². The van der Waals surface area contributed by atoms with E-state index in [2.05, 4.69) is 5.32 Å². The number of nitrogens with one attached hydrogen (secondary N) is 1. The molecular formula is C19H20ClNO4. The van der Waals surface area contributed by atoms with Crippen LogP contribution < -0.4 is 5.32 Å². The number of rotatable bonds is 8. The maximum absolute atomic E-state index is 11.9. The zero-order valence-electron chi connectivity index (χ0n) is 13.7. The smallest absolute Gasteiger partial charge is 0.306 e. The number of carbonyl (C=O) groups is 3. The molecular weight excluding hydrogens is 342 g/mol. The summed E-state index contributed by atoms with van der Waals surface area (Å²) in [6.07, 6.45) is 5.63. The van der Waals surface area contributed by atoms with Gasteiger partial charge in [-0.25, -0.2) is 0 Å². The van der Waals surface area contributed by atoms with Gasteiger partial charge in [-0.3, -0.25) is 14.4 Å². The van der Waals surface area contributed by atoms with Crippen molar-refractivity contribution in [1.29, 1.82) is 0 Å². The maximum Gasteiger partial charge on any atom is 0.306 e. The first-order chi connectivity index (χ1) is 12.0. The first kappa shape index (κ1) is 18.9. The van der Waals surface area contributed by atoms with Crippen LogP contribution in [0.25, 0.3) is 0 Å². The van der Waals surface area contributed by atoms with Crippen LogP contribution in [0.5, 0.6) is 0 Å². The van der Waals surface area contributed by atoms with E-state index in [1.807, 2.05) is 30.3 Å². The summed E-state index contributed by atoms with van der Waals surface area (Å²) in [5, 5.41) is 2.63. The molecule has 1 amide bonds. The first-order valence-electron chi connectivity index (χ1n) is 8.06. The van der Waals surface area contributed by atoms with Gasteiger partial charge in [-0.05, 0) is 12.0 Å². The number of alkyl halides is 1. The molecule has 0 radical (unpaired) electrons. The van der Waals surface area contributed by atoms with Crippen molar-refractivity contribution in [3.05, 3.63) is 59.7 Å². The van der Waals surface area contributed by atoms with Crippen molar-refractivity contribution in [2.45, 2.75) is 31.2 Å². The van der Waals surface area contributed by atoms with E-state index >= 15 is 0 Å². The maximum atomic E-state index is 11.9. The zero-order valence-corrected chi connectivity index (χ0v) is 14.5. The Morgan fingerprint density at radius 1 is 1.16 bits per heavy atom. The second kappa shape index (κ2) is 9.79. The molecule has 1 atom stereocenters. The Hall–Kier alpha value is -2.40. The number of ketones is 1. The number of esters is 1. The van der Waals surface area contributed by atoms with E-state index in [-0.39, 0.29) is 36.5 Å². The second-order valence-corrected chi connectivity index (χ2v) is 6.18. The fraction of sp³-hybridized carbons (Fsp3) is 0.316. The molecule has 1 N–H and O–H groups in total. The van der Waals surface area contributed by atoms with Crippen molar-refractivity contribution in [3.8, 4) is 0 Å². The molecule has 1 aliphatic rings. The summed E-state index contributed by atoms with van der Waals surface area (Å²) >= 11 is 5.88. The molecule has 0 fully saturated rings. The van der Waals surface area contributed by atoms with Gasteiger partial charge in [-0.15, -0.1) is 11.6 Å². The Morgan fingerprint density at radius 3 is 2.60 bits per heavy atom. The highest BCUT2D eigenvalue weighted by Gasteiger charge is 2.15. The van der Waals surface area contributed by atoms with Crippen LogP contribution in [0.3, 0.4) is 0 Å². The number of hydrogen-bond acceptors (Lipinski definition) is 4. The first-order valence-corrected chi connectivity index (χ1v) is 8.50.